The molecule has 1 saturated heterocycles. The number of anilines is 1. The number of hydrogen-bond donors (Lipinski definition) is 2. The number of rotatable bonds is 4. The molecule has 0 saturated carbocycles. The first kappa shape index (κ1) is 22.8. The van der Waals surface area contributed by atoms with E-state index in [-0.39, 0.29) is 11.6 Å². The van der Waals surface area contributed by atoms with Gasteiger partial charge in [-0.2, -0.15) is 13.2 Å². The Hall–Kier alpha value is -3.66. The molecule has 2 aromatic heterocycles. The smallest absolute Gasteiger partial charge is 0.416 e. The monoisotopic (exact) mass is 497 g/mol. The molecule has 0 atom stereocenters. The van der Waals surface area contributed by atoms with E-state index >= 15 is 0 Å². The van der Waals surface area contributed by atoms with Crippen LogP contribution in [0.25, 0.3) is 22.3 Å². The second kappa shape index (κ2) is 8.48. The van der Waals surface area contributed by atoms with E-state index in [0.717, 1.165) is 28.2 Å². The van der Waals surface area contributed by atoms with Gasteiger partial charge < -0.3 is 15.0 Å². The summed E-state index contributed by atoms with van der Waals surface area (Å²) in [6.07, 6.45) is -3.65. The first-order valence-corrected chi connectivity index (χ1v) is 12.1. The Morgan fingerprint density at radius 3 is 2.50 bits per heavy atom. The fourth-order valence-electron chi connectivity index (χ4n) is 5.47. The zero-order chi connectivity index (χ0) is 25.0. The summed E-state index contributed by atoms with van der Waals surface area (Å²) in [4.78, 5) is 20.6. The van der Waals surface area contributed by atoms with E-state index in [1.807, 2.05) is 29.2 Å². The van der Waals surface area contributed by atoms with Crippen LogP contribution < -0.4 is 10.6 Å². The van der Waals surface area contributed by atoms with Crippen molar-refractivity contribution in [2.45, 2.75) is 25.7 Å². The third kappa shape index (κ3) is 3.76. The lowest BCUT2D eigenvalue weighted by atomic mass is 10.0. The molecular weight excluding hydrogens is 471 g/mol. The lowest BCUT2D eigenvalue weighted by Crippen LogP contribution is -2.47. The summed E-state index contributed by atoms with van der Waals surface area (Å²) in [7, 11) is 0. The number of H-pyrrole nitrogens is 1. The summed E-state index contributed by atoms with van der Waals surface area (Å²) in [5.41, 5.74) is 3.12. The first-order chi connectivity index (χ1) is 17.3. The molecule has 2 N–H and O–H groups in total. The van der Waals surface area contributed by atoms with Gasteiger partial charge in [0.05, 0.1) is 11.3 Å². The van der Waals surface area contributed by atoms with Crippen molar-refractivity contribution >= 4 is 16.6 Å². The number of hydrogen-bond acceptors (Lipinski definition) is 4. The van der Waals surface area contributed by atoms with Crippen LogP contribution in [-0.4, -0.2) is 56.8 Å². The van der Waals surface area contributed by atoms with E-state index in [0.29, 0.717) is 63.6 Å². The van der Waals surface area contributed by atoms with Crippen molar-refractivity contribution in [1.29, 1.82) is 0 Å². The van der Waals surface area contributed by atoms with Crippen molar-refractivity contribution in [3.63, 3.8) is 0 Å². The van der Waals surface area contributed by atoms with Crippen molar-refractivity contribution in [2.75, 3.05) is 37.6 Å². The third-order valence-corrected chi connectivity index (χ3v) is 7.39. The van der Waals surface area contributed by atoms with Gasteiger partial charge >= 0.3 is 11.9 Å². The highest BCUT2D eigenvalue weighted by atomic mass is 19.4. The number of nitrogens with one attached hydrogen (secondary N) is 1. The van der Waals surface area contributed by atoms with E-state index < -0.39 is 11.7 Å². The van der Waals surface area contributed by atoms with Gasteiger partial charge in [0.2, 0.25) is 5.88 Å². The molecule has 0 unspecified atom stereocenters. The number of alkyl halides is 3. The summed E-state index contributed by atoms with van der Waals surface area (Å²) in [5, 5.41) is 12.2. The molecule has 4 aromatic rings. The molecule has 36 heavy (non-hydrogen) atoms. The molecule has 2 aromatic carbocycles. The van der Waals surface area contributed by atoms with Gasteiger partial charge in [0, 0.05) is 62.4 Å². The fraction of sp³-hybridized carbons (Fsp3) is 0.346. The molecule has 0 radical (unpaired) electrons. The standard InChI is InChI=1S/C26H26F3N5O2/c27-26(28,29)17-4-3-5-18(16-17)32-13-10-31(11-14-32)12-15-34-24(35)23-22-20(8-9-33(23)25(34)36)19-6-1-2-7-21(19)30-22/h1-7,16,30,35H,8-15H2. The maximum absolute atomic E-state index is 13.1. The molecule has 0 spiro atoms. The lowest BCUT2D eigenvalue weighted by Gasteiger charge is -2.36. The van der Waals surface area contributed by atoms with E-state index in [4.69, 9.17) is 0 Å². The van der Waals surface area contributed by atoms with Crippen LogP contribution in [0.4, 0.5) is 18.9 Å². The number of aromatic amines is 1. The van der Waals surface area contributed by atoms with Crippen molar-refractivity contribution in [3.05, 3.63) is 70.1 Å². The molecule has 188 valence electrons. The Morgan fingerprint density at radius 2 is 1.72 bits per heavy atom. The normalized spacial score (nSPS) is 16.4. The number of piperazine rings is 1. The molecule has 2 aliphatic rings. The van der Waals surface area contributed by atoms with Crippen LogP contribution in [-0.2, 0) is 25.7 Å². The van der Waals surface area contributed by atoms with Gasteiger partial charge in [0.15, 0.2) is 0 Å². The van der Waals surface area contributed by atoms with E-state index in [1.54, 1.807) is 10.6 Å². The lowest BCUT2D eigenvalue weighted by molar-refractivity contribution is -0.137. The van der Waals surface area contributed by atoms with Gasteiger partial charge in [-0.05, 0) is 36.2 Å². The van der Waals surface area contributed by atoms with Gasteiger partial charge in [-0.3, -0.25) is 14.0 Å². The molecular formula is C26H26F3N5O2. The maximum atomic E-state index is 13.1. The largest absolute Gasteiger partial charge is 0.493 e. The van der Waals surface area contributed by atoms with E-state index in [9.17, 15) is 23.1 Å². The average molecular weight is 498 g/mol. The Bertz CT molecular complexity index is 1490. The number of para-hydroxylation sites is 1. The molecule has 0 bridgehead atoms. The minimum Gasteiger partial charge on any atom is -0.493 e. The van der Waals surface area contributed by atoms with Crippen LogP contribution in [0.15, 0.2) is 53.3 Å². The van der Waals surface area contributed by atoms with Crippen LogP contribution in [0.5, 0.6) is 5.88 Å². The first-order valence-electron chi connectivity index (χ1n) is 12.1. The summed E-state index contributed by atoms with van der Waals surface area (Å²) >= 11 is 0. The van der Waals surface area contributed by atoms with Crippen LogP contribution in [0.3, 0.4) is 0 Å². The zero-order valence-electron chi connectivity index (χ0n) is 19.6. The summed E-state index contributed by atoms with van der Waals surface area (Å²) in [5.74, 6) is -0.0323. The minimum absolute atomic E-state index is 0.0323. The van der Waals surface area contributed by atoms with E-state index in [2.05, 4.69) is 9.88 Å². The molecule has 2 aliphatic heterocycles. The number of halogens is 3. The zero-order valence-corrected chi connectivity index (χ0v) is 19.6. The second-order valence-electron chi connectivity index (χ2n) is 9.41. The second-order valence-corrected chi connectivity index (χ2v) is 9.41. The van der Waals surface area contributed by atoms with Crippen molar-refractivity contribution in [2.24, 2.45) is 0 Å². The number of aryl methyl sites for hydroxylation is 1. The number of imidazole rings is 1. The quantitative estimate of drug-likeness (QED) is 0.449. The predicted octanol–water partition coefficient (Wildman–Crippen LogP) is 3.90. The van der Waals surface area contributed by atoms with E-state index in [1.165, 1.54) is 16.7 Å². The number of aromatic nitrogens is 3. The summed E-state index contributed by atoms with van der Waals surface area (Å²) < 4.78 is 42.3. The molecule has 6 rings (SSSR count). The highest BCUT2D eigenvalue weighted by Gasteiger charge is 2.32. The summed E-state index contributed by atoms with van der Waals surface area (Å²) in [6.45, 7) is 3.91. The van der Waals surface area contributed by atoms with Crippen LogP contribution in [0.1, 0.15) is 11.1 Å². The highest BCUT2D eigenvalue weighted by Crippen LogP contribution is 2.38. The minimum atomic E-state index is -4.36. The Balaban J connectivity index is 1.16. The van der Waals surface area contributed by atoms with Crippen molar-refractivity contribution < 1.29 is 18.3 Å². The number of benzene rings is 2. The molecule has 7 nitrogen and oxygen atoms in total. The van der Waals surface area contributed by atoms with Gasteiger partial charge in [-0.1, -0.05) is 24.3 Å². The van der Waals surface area contributed by atoms with Gasteiger partial charge in [-0.15, -0.1) is 0 Å². The fourth-order valence-corrected chi connectivity index (χ4v) is 5.47. The third-order valence-electron chi connectivity index (χ3n) is 7.39. The van der Waals surface area contributed by atoms with Gasteiger partial charge in [0.1, 0.15) is 5.69 Å². The number of nitrogens with zero attached hydrogens (tertiary/aromatic N) is 4. The van der Waals surface area contributed by atoms with Crippen molar-refractivity contribution in [1.82, 2.24) is 19.0 Å². The Labute approximate surface area is 205 Å². The van der Waals surface area contributed by atoms with Crippen LogP contribution in [0.2, 0.25) is 0 Å². The maximum Gasteiger partial charge on any atom is 0.416 e. The summed E-state index contributed by atoms with van der Waals surface area (Å²) in [6, 6.07) is 13.4. The Morgan fingerprint density at radius 1 is 0.944 bits per heavy atom. The van der Waals surface area contributed by atoms with Crippen LogP contribution >= 0.6 is 0 Å². The van der Waals surface area contributed by atoms with Gasteiger partial charge in [-0.25, -0.2) is 4.79 Å². The molecule has 0 amide bonds. The topological polar surface area (TPSA) is 69.4 Å². The highest BCUT2D eigenvalue weighted by molar-refractivity contribution is 5.91. The number of aromatic hydroxyl groups is 1. The molecule has 4 heterocycles. The van der Waals surface area contributed by atoms with Gasteiger partial charge in [0.25, 0.3) is 0 Å². The predicted molar refractivity (Wildman–Crippen MR) is 131 cm³/mol. The molecule has 0 aliphatic carbocycles. The molecule has 10 heteroatoms. The Kier molecular flexibility index (Phi) is 5.36. The average Bonchev–Trinajstić information content (AvgIpc) is 3.37. The van der Waals surface area contributed by atoms with Crippen molar-refractivity contribution in [3.8, 4) is 17.3 Å². The molecule has 1 fully saturated rings. The number of fused-ring (bicyclic) bond motifs is 5. The van der Waals surface area contributed by atoms with Crippen LogP contribution in [0, 0.1) is 0 Å². The SMILES string of the molecule is O=c1n(CCN2CCN(c3cccc(C(F)(F)F)c3)CC2)c(O)c2n1CCc1c-2[nH]c2ccccc12.